The smallest absolute Gasteiger partial charge is 0.371 e. The van der Waals surface area contributed by atoms with Gasteiger partial charge in [-0.2, -0.15) is 12.6 Å². The summed E-state index contributed by atoms with van der Waals surface area (Å²) >= 11 is 4.77. The van der Waals surface area contributed by atoms with E-state index in [0.717, 1.165) is 0 Å². The Morgan fingerprint density at radius 1 is 1.04 bits per heavy atom. The molecule has 0 fully saturated rings. The molecule has 0 rings (SSSR count). The molecule has 0 spiro atoms. The summed E-state index contributed by atoms with van der Waals surface area (Å²) in [5.74, 6) is -1.95. The Morgan fingerprint density at radius 3 is 2.04 bits per heavy atom. The van der Waals surface area contributed by atoms with E-state index in [-0.39, 0.29) is 18.0 Å². The number of esters is 2. The summed E-state index contributed by atoms with van der Waals surface area (Å²) in [6.07, 6.45) is -0.102. The van der Waals surface area contributed by atoms with E-state index in [1.807, 2.05) is 0 Å². The molecule has 0 N–H and O–H groups in total. The van der Waals surface area contributed by atoms with Crippen molar-refractivity contribution in [3.05, 3.63) is 0 Å². The van der Waals surface area contributed by atoms with Gasteiger partial charge in [-0.25, -0.2) is 4.79 Å². The molecule has 0 aromatic heterocycles. The normalized spacial score (nSPS) is 12.9. The fraction of sp³-hybridized carbons (Fsp3) is 0.750. The molecule has 0 heterocycles. The highest BCUT2D eigenvalue weighted by atomic mass is 32.2. The maximum Gasteiger partial charge on any atom is 0.371 e. The van der Waals surface area contributed by atoms with Gasteiger partial charge in [-0.1, -0.05) is 0 Å². The summed E-state index contributed by atoms with van der Waals surface area (Å²) in [7, 11) is 0. The van der Waals surface area contributed by atoms with E-state index in [1.165, 1.54) is 6.92 Å². The van der Waals surface area contributed by atoms with Crippen LogP contribution in [-0.4, -0.2) is 45.9 Å². The van der Waals surface area contributed by atoms with Crippen molar-refractivity contribution in [1.29, 1.82) is 0 Å². The van der Waals surface area contributed by atoms with Crippen molar-refractivity contribution in [2.24, 2.45) is 5.92 Å². The molecule has 7 nitrogen and oxygen atoms in total. The van der Waals surface area contributed by atoms with Crippen molar-refractivity contribution in [2.75, 3.05) is 12.5 Å². The van der Waals surface area contributed by atoms with E-state index >= 15 is 0 Å². The van der Waals surface area contributed by atoms with Gasteiger partial charge in [0.15, 0.2) is 0 Å². The molecule has 1 atom stereocenters. The lowest BCUT2D eigenvalue weighted by Crippen LogP contribution is -2.36. The van der Waals surface area contributed by atoms with Crippen LogP contribution in [0.1, 0.15) is 48.0 Å². The Hall–Kier alpha value is -1.22. The minimum absolute atomic E-state index is 0.102. The number of hydrogen-bond donors (Lipinski definition) is 1. The van der Waals surface area contributed by atoms with Gasteiger partial charge in [-0.15, -0.1) is 0 Å². The second-order valence-electron chi connectivity index (χ2n) is 6.80. The third kappa shape index (κ3) is 10.4. The van der Waals surface area contributed by atoms with Crippen LogP contribution >= 0.6 is 24.4 Å². The monoisotopic (exact) mass is 394 g/mol. The van der Waals surface area contributed by atoms with Gasteiger partial charge in [0.05, 0.1) is 10.7 Å². The van der Waals surface area contributed by atoms with E-state index in [9.17, 15) is 19.2 Å². The standard InChI is InChI=1S/C16H26O7S2/c1-10(17)21-9-22-14(20)25-16(5,6)12(18)7-11(8-24)13(19)23-15(2,3)4/h11,24H,7-9H2,1-6H3/t11-/m0/s1. The molecule has 0 radical (unpaired) electrons. The van der Waals surface area contributed by atoms with Crippen molar-refractivity contribution in [1.82, 2.24) is 0 Å². The number of thioether (sulfide) groups is 1. The third-order valence-corrected chi connectivity index (χ3v) is 4.30. The van der Waals surface area contributed by atoms with Gasteiger partial charge in [-0.05, 0) is 46.4 Å². The molecule has 0 amide bonds. The number of Topliss-reactive ketones (excluding diaryl/α,β-unsaturated/α-hetero) is 1. The first-order valence-electron chi connectivity index (χ1n) is 7.64. The summed E-state index contributed by atoms with van der Waals surface area (Å²) in [4.78, 5) is 46.9. The summed E-state index contributed by atoms with van der Waals surface area (Å²) in [5.41, 5.74) is -0.661. The zero-order valence-electron chi connectivity index (χ0n) is 15.4. The molecule has 0 bridgehead atoms. The summed E-state index contributed by atoms with van der Waals surface area (Å²) in [6.45, 7) is 8.99. The van der Waals surface area contributed by atoms with E-state index in [4.69, 9.17) is 9.47 Å². The van der Waals surface area contributed by atoms with Crippen LogP contribution in [0, 0.1) is 5.92 Å². The fourth-order valence-electron chi connectivity index (χ4n) is 1.53. The first-order chi connectivity index (χ1) is 11.3. The number of carbonyl (C=O) groups is 4. The van der Waals surface area contributed by atoms with Gasteiger partial charge in [0, 0.05) is 19.1 Å². The molecule has 0 aliphatic heterocycles. The Balaban J connectivity index is 4.69. The maximum atomic E-state index is 12.5. The van der Waals surface area contributed by atoms with E-state index in [1.54, 1.807) is 34.6 Å². The molecule has 144 valence electrons. The second-order valence-corrected chi connectivity index (χ2v) is 8.72. The number of ketones is 1. The van der Waals surface area contributed by atoms with Gasteiger partial charge in [-0.3, -0.25) is 14.4 Å². The average molecular weight is 395 g/mol. The van der Waals surface area contributed by atoms with Gasteiger partial charge < -0.3 is 14.2 Å². The van der Waals surface area contributed by atoms with Crippen LogP contribution in [0.15, 0.2) is 0 Å². The van der Waals surface area contributed by atoms with E-state index in [2.05, 4.69) is 17.4 Å². The average Bonchev–Trinajstić information content (AvgIpc) is 2.41. The zero-order valence-corrected chi connectivity index (χ0v) is 17.1. The van der Waals surface area contributed by atoms with Crippen LogP contribution in [0.25, 0.3) is 0 Å². The molecule has 0 unspecified atom stereocenters. The predicted molar refractivity (Wildman–Crippen MR) is 97.6 cm³/mol. The molecule has 0 aliphatic carbocycles. The number of rotatable bonds is 8. The summed E-state index contributed by atoms with van der Waals surface area (Å²) < 4.78 is 13.4. The largest absolute Gasteiger partial charge is 0.460 e. The van der Waals surface area contributed by atoms with Crippen LogP contribution in [-0.2, 0) is 28.6 Å². The molecular formula is C16H26O7S2. The highest BCUT2D eigenvalue weighted by Crippen LogP contribution is 2.30. The topological polar surface area (TPSA) is 96.0 Å². The van der Waals surface area contributed by atoms with Gasteiger partial charge in [0.25, 0.3) is 0 Å². The first kappa shape index (κ1) is 23.8. The second kappa shape index (κ2) is 10.1. The lowest BCUT2D eigenvalue weighted by molar-refractivity contribution is -0.160. The van der Waals surface area contributed by atoms with Crippen LogP contribution in [0.4, 0.5) is 4.79 Å². The van der Waals surface area contributed by atoms with Crippen molar-refractivity contribution < 1.29 is 33.4 Å². The predicted octanol–water partition coefficient (Wildman–Crippen LogP) is 3.00. The van der Waals surface area contributed by atoms with E-state index < -0.39 is 40.3 Å². The molecule has 0 aromatic carbocycles. The lowest BCUT2D eigenvalue weighted by Gasteiger charge is -2.25. The number of thiol groups is 1. The molecular weight excluding hydrogens is 368 g/mol. The van der Waals surface area contributed by atoms with Crippen molar-refractivity contribution >= 4 is 47.4 Å². The molecule has 9 heteroatoms. The number of ether oxygens (including phenoxy) is 3. The van der Waals surface area contributed by atoms with Gasteiger partial charge in [0.2, 0.25) is 6.79 Å². The maximum absolute atomic E-state index is 12.5. The van der Waals surface area contributed by atoms with Crippen LogP contribution in [0.3, 0.4) is 0 Å². The molecule has 0 saturated heterocycles. The first-order valence-corrected chi connectivity index (χ1v) is 9.09. The van der Waals surface area contributed by atoms with Crippen molar-refractivity contribution in [2.45, 2.75) is 58.3 Å². The van der Waals surface area contributed by atoms with Crippen molar-refractivity contribution in [3.8, 4) is 0 Å². The minimum Gasteiger partial charge on any atom is -0.460 e. The fourth-order valence-corrected chi connectivity index (χ4v) is 2.53. The highest BCUT2D eigenvalue weighted by Gasteiger charge is 2.36. The van der Waals surface area contributed by atoms with Crippen molar-refractivity contribution in [3.63, 3.8) is 0 Å². The summed E-state index contributed by atoms with van der Waals surface area (Å²) in [5, 5.41) is -0.751. The lowest BCUT2D eigenvalue weighted by atomic mass is 9.97. The highest BCUT2D eigenvalue weighted by molar-refractivity contribution is 8.15. The zero-order chi connectivity index (χ0) is 19.8. The molecule has 0 saturated carbocycles. The Bertz CT molecular complexity index is 509. The van der Waals surface area contributed by atoms with Gasteiger partial charge in [0.1, 0.15) is 11.4 Å². The quantitative estimate of drug-likeness (QED) is 0.381. The van der Waals surface area contributed by atoms with Gasteiger partial charge >= 0.3 is 17.2 Å². The third-order valence-electron chi connectivity index (χ3n) is 2.84. The van der Waals surface area contributed by atoms with Crippen LogP contribution in [0.2, 0.25) is 0 Å². The van der Waals surface area contributed by atoms with E-state index in [0.29, 0.717) is 11.8 Å². The Labute approximate surface area is 157 Å². The Morgan fingerprint density at radius 2 is 1.60 bits per heavy atom. The minimum atomic E-state index is -1.11. The number of carbonyl (C=O) groups excluding carboxylic acids is 4. The van der Waals surface area contributed by atoms with Crippen LogP contribution in [0.5, 0.6) is 0 Å². The molecule has 25 heavy (non-hydrogen) atoms. The SMILES string of the molecule is CC(=O)OCOC(=O)SC(C)(C)C(=O)C[C@@H](CS)C(=O)OC(C)(C)C. The van der Waals surface area contributed by atoms with Crippen LogP contribution < -0.4 is 0 Å². The Kier molecular flexibility index (Phi) is 9.57. The summed E-state index contributed by atoms with van der Waals surface area (Å²) in [6, 6.07) is 0. The number of hydrogen-bond acceptors (Lipinski definition) is 9. The molecule has 0 aromatic rings. The molecule has 0 aliphatic rings.